The molecule has 0 aliphatic heterocycles. The first kappa shape index (κ1) is 50.6. The van der Waals surface area contributed by atoms with Crippen molar-refractivity contribution in [2.45, 2.75) is 79.3 Å². The van der Waals surface area contributed by atoms with Gasteiger partial charge in [-0.3, -0.25) is 14.4 Å². The minimum absolute atomic E-state index is 0.0334. The van der Waals surface area contributed by atoms with Crippen LogP contribution in [0.1, 0.15) is 106 Å². The van der Waals surface area contributed by atoms with Crippen molar-refractivity contribution in [2.24, 2.45) is 10.3 Å². The lowest BCUT2D eigenvalue weighted by molar-refractivity contribution is -0.141. The summed E-state index contributed by atoms with van der Waals surface area (Å²) >= 11 is 3.06. The summed E-state index contributed by atoms with van der Waals surface area (Å²) in [6.45, 7) is 14.3. The SMILES string of the molecule is CC/C(=N\OC(C)=O)c1ccc2c(c1)c1cc(C(=O)c3cccs3)ccc1n2CC.CCn1c2ccc(C(=O)/C(CCSc3ccc(C)cc3)=N/OC(C)=O)cc2c2cc(C(=O)c3ccccc3C)ccc21. The van der Waals surface area contributed by atoms with E-state index in [1.807, 2.05) is 141 Å². The number of ketones is 3. The quantitative estimate of drug-likeness (QED) is 0.0307. The van der Waals surface area contributed by atoms with Crippen LogP contribution in [0, 0.1) is 13.8 Å². The number of hydrogen-bond donors (Lipinski definition) is 0. The highest BCUT2D eigenvalue weighted by molar-refractivity contribution is 7.99. The number of benzene rings is 6. The Bertz CT molecular complexity index is 3600. The molecule has 0 radical (unpaired) electrons. The maximum Gasteiger partial charge on any atom is 0.331 e. The summed E-state index contributed by atoms with van der Waals surface area (Å²) in [5, 5.41) is 13.7. The van der Waals surface area contributed by atoms with Crippen molar-refractivity contribution >= 4 is 107 Å². The van der Waals surface area contributed by atoms with Crippen LogP contribution in [0.4, 0.5) is 0 Å². The molecule has 0 fully saturated rings. The monoisotopic (exact) mass is 994 g/mol. The van der Waals surface area contributed by atoms with Crippen molar-refractivity contribution in [3.63, 3.8) is 0 Å². The van der Waals surface area contributed by atoms with E-state index in [4.69, 9.17) is 9.68 Å². The maximum atomic E-state index is 13.7. The highest BCUT2D eigenvalue weighted by Crippen LogP contribution is 2.34. The van der Waals surface area contributed by atoms with Gasteiger partial charge in [0.2, 0.25) is 11.6 Å². The van der Waals surface area contributed by atoms with Crippen LogP contribution >= 0.6 is 23.1 Å². The Balaban J connectivity index is 0.000000204. The van der Waals surface area contributed by atoms with E-state index in [0.717, 1.165) is 77.6 Å². The molecule has 0 unspecified atom stereocenters. The zero-order chi connectivity index (χ0) is 51.1. The van der Waals surface area contributed by atoms with Crippen molar-refractivity contribution in [1.29, 1.82) is 0 Å². The topological polar surface area (TPSA) is 138 Å². The van der Waals surface area contributed by atoms with Gasteiger partial charge in [-0.1, -0.05) is 71.3 Å². The summed E-state index contributed by atoms with van der Waals surface area (Å²) in [5.74, 6) is -0.739. The number of Topliss-reactive ketones (excluding diaryl/α,β-unsaturated/α-hetero) is 1. The lowest BCUT2D eigenvalue weighted by Gasteiger charge is -2.07. The molecule has 3 heterocycles. The molecule has 13 heteroatoms. The highest BCUT2D eigenvalue weighted by atomic mass is 32.2. The lowest BCUT2D eigenvalue weighted by Crippen LogP contribution is -2.16. The van der Waals surface area contributed by atoms with Gasteiger partial charge in [0.25, 0.3) is 0 Å². The average molecular weight is 995 g/mol. The molecule has 6 aromatic carbocycles. The normalized spacial score (nSPS) is 11.8. The number of oxime groups is 2. The van der Waals surface area contributed by atoms with Crippen molar-refractivity contribution in [3.8, 4) is 0 Å². The molecule has 0 saturated carbocycles. The molecule has 9 rings (SSSR count). The first-order chi connectivity index (χ1) is 34.8. The third-order valence-corrected chi connectivity index (χ3v) is 14.3. The van der Waals surface area contributed by atoms with Crippen LogP contribution in [0.5, 0.6) is 0 Å². The minimum Gasteiger partial charge on any atom is -0.341 e. The Morgan fingerprint density at radius 1 is 0.569 bits per heavy atom. The molecule has 9 aromatic rings. The summed E-state index contributed by atoms with van der Waals surface area (Å²) in [7, 11) is 0. The summed E-state index contributed by atoms with van der Waals surface area (Å²) in [4.78, 5) is 74.3. The van der Waals surface area contributed by atoms with E-state index in [1.165, 1.54) is 30.7 Å². The second kappa shape index (κ2) is 22.6. The standard InChI is InChI=1S/C35H32N2O4S.C24H22N2O3S/c1-5-37-32-16-12-25(34(39)28-9-7-6-8-23(28)3)20-29(32)30-21-26(13-17-33(30)37)35(40)31(36-41-24(4)38)18-19-42-27-14-10-22(2)11-15-27;1-4-20(25-29-15(3)27)16-8-10-21-18(13-16)19-14-17(9-11-22(19)26(21)5-2)24(28)23-7-6-12-30-23/h6-17,20-21H,5,18-19H2,1-4H3;6-14H,4-5H2,1-3H3/b36-31+;25-20+. The van der Waals surface area contributed by atoms with Crippen LogP contribution in [-0.2, 0) is 32.4 Å². The minimum atomic E-state index is -0.584. The van der Waals surface area contributed by atoms with Gasteiger partial charge < -0.3 is 18.8 Å². The molecule has 0 aliphatic carbocycles. The summed E-state index contributed by atoms with van der Waals surface area (Å²) in [5.41, 5.74) is 10.4. The van der Waals surface area contributed by atoms with E-state index in [-0.39, 0.29) is 23.1 Å². The number of aryl methyl sites for hydroxylation is 4. The Morgan fingerprint density at radius 3 is 1.61 bits per heavy atom. The average Bonchev–Trinajstić information content (AvgIpc) is 4.12. The predicted octanol–water partition coefficient (Wildman–Crippen LogP) is 13.7. The summed E-state index contributed by atoms with van der Waals surface area (Å²) in [6, 6.07) is 42.8. The van der Waals surface area contributed by atoms with Crippen molar-refractivity contribution in [1.82, 2.24) is 9.13 Å². The number of carbonyl (C=O) groups excluding carboxylic acids is 5. The molecule has 3 aromatic heterocycles. The van der Waals surface area contributed by atoms with Gasteiger partial charge in [0.05, 0.1) is 10.6 Å². The van der Waals surface area contributed by atoms with Crippen LogP contribution in [0.15, 0.2) is 154 Å². The number of rotatable bonds is 16. The van der Waals surface area contributed by atoms with Crippen LogP contribution in [0.2, 0.25) is 0 Å². The van der Waals surface area contributed by atoms with Crippen LogP contribution in [0.3, 0.4) is 0 Å². The Morgan fingerprint density at radius 2 is 1.08 bits per heavy atom. The first-order valence-electron chi connectivity index (χ1n) is 23.8. The largest absolute Gasteiger partial charge is 0.341 e. The van der Waals surface area contributed by atoms with Gasteiger partial charge in [-0.05, 0) is 130 Å². The second-order valence-electron chi connectivity index (χ2n) is 17.2. The van der Waals surface area contributed by atoms with E-state index in [0.29, 0.717) is 46.6 Å². The lowest BCUT2D eigenvalue weighted by atomic mass is 9.97. The third kappa shape index (κ3) is 10.9. The van der Waals surface area contributed by atoms with Crippen LogP contribution < -0.4 is 0 Å². The van der Waals surface area contributed by atoms with E-state index < -0.39 is 11.9 Å². The van der Waals surface area contributed by atoms with Crippen molar-refractivity contribution in [2.75, 3.05) is 5.75 Å². The third-order valence-electron chi connectivity index (χ3n) is 12.4. The zero-order valence-corrected chi connectivity index (χ0v) is 42.9. The Labute approximate surface area is 426 Å². The molecular formula is C59H54N4O7S2. The van der Waals surface area contributed by atoms with Gasteiger partial charge in [0.1, 0.15) is 5.71 Å². The molecular weight excluding hydrogens is 941 g/mol. The summed E-state index contributed by atoms with van der Waals surface area (Å²) in [6.07, 6.45) is 0.960. The molecule has 364 valence electrons. The maximum absolute atomic E-state index is 13.7. The van der Waals surface area contributed by atoms with Gasteiger partial charge in [-0.25, -0.2) is 9.59 Å². The van der Waals surface area contributed by atoms with Crippen LogP contribution in [-0.4, -0.2) is 55.6 Å². The molecule has 0 N–H and O–H groups in total. The highest BCUT2D eigenvalue weighted by Gasteiger charge is 2.21. The first-order valence-corrected chi connectivity index (χ1v) is 25.7. The second-order valence-corrected chi connectivity index (χ2v) is 19.3. The van der Waals surface area contributed by atoms with E-state index in [2.05, 4.69) is 45.4 Å². The van der Waals surface area contributed by atoms with E-state index in [9.17, 15) is 24.0 Å². The Hall–Kier alpha value is -7.74. The summed E-state index contributed by atoms with van der Waals surface area (Å²) < 4.78 is 4.41. The number of hydrogen-bond acceptors (Lipinski definition) is 11. The number of aromatic nitrogens is 2. The fraction of sp³-hybridized carbons (Fsp3) is 0.203. The smallest absolute Gasteiger partial charge is 0.331 e. The number of thiophene rings is 1. The van der Waals surface area contributed by atoms with Gasteiger partial charge in [0, 0.05) is 115 Å². The molecule has 0 saturated heterocycles. The van der Waals surface area contributed by atoms with Crippen LogP contribution in [0.25, 0.3) is 43.6 Å². The predicted molar refractivity (Wildman–Crippen MR) is 291 cm³/mol. The van der Waals surface area contributed by atoms with E-state index >= 15 is 0 Å². The molecule has 0 bridgehead atoms. The molecule has 11 nitrogen and oxygen atoms in total. The number of carbonyl (C=O) groups is 5. The van der Waals surface area contributed by atoms with E-state index in [1.54, 1.807) is 17.8 Å². The van der Waals surface area contributed by atoms with Gasteiger partial charge >= 0.3 is 11.9 Å². The van der Waals surface area contributed by atoms with Crippen molar-refractivity contribution in [3.05, 3.63) is 183 Å². The fourth-order valence-corrected chi connectivity index (χ4v) is 10.4. The molecule has 0 aliphatic rings. The molecule has 0 amide bonds. The molecule has 72 heavy (non-hydrogen) atoms. The van der Waals surface area contributed by atoms with Gasteiger partial charge in [-0.15, -0.1) is 23.1 Å². The fourth-order valence-electron chi connectivity index (χ4n) is 8.85. The molecule has 0 atom stereocenters. The molecule has 0 spiro atoms. The van der Waals surface area contributed by atoms with Crippen molar-refractivity contribution < 1.29 is 33.6 Å². The Kier molecular flexibility index (Phi) is 15.9. The zero-order valence-electron chi connectivity index (χ0n) is 41.3. The number of thioether (sulfide) groups is 1. The van der Waals surface area contributed by atoms with Gasteiger partial charge in [-0.2, -0.15) is 0 Å². The number of fused-ring (bicyclic) bond motifs is 6. The van der Waals surface area contributed by atoms with Gasteiger partial charge in [0.15, 0.2) is 5.78 Å². The number of nitrogens with zero attached hydrogens (tertiary/aromatic N) is 4.